The zero-order valence-electron chi connectivity index (χ0n) is 21.3. The second kappa shape index (κ2) is 14.1. The summed E-state index contributed by atoms with van der Waals surface area (Å²) in [5, 5.41) is 2.68. The number of halogens is 1. The number of primary amides is 1. The highest BCUT2D eigenvalue weighted by Gasteiger charge is 2.43. The number of ether oxygens (including phenoxy) is 1. The predicted octanol–water partition coefficient (Wildman–Crippen LogP) is 3.78. The van der Waals surface area contributed by atoms with Gasteiger partial charge in [0, 0.05) is 17.4 Å². The number of alkyl carbamates (subject to hydrolysis) is 1. The van der Waals surface area contributed by atoms with Crippen LogP contribution in [-0.2, 0) is 28.6 Å². The third kappa shape index (κ3) is 8.54. The second-order valence-electron chi connectivity index (χ2n) is 9.71. The van der Waals surface area contributed by atoms with Crippen LogP contribution in [0.25, 0.3) is 0 Å². The lowest BCUT2D eigenvalue weighted by Crippen LogP contribution is -2.53. The molecule has 1 unspecified atom stereocenters. The number of carbonyl (C=O) groups is 3. The fourth-order valence-corrected chi connectivity index (χ4v) is 6.16. The lowest BCUT2D eigenvalue weighted by Gasteiger charge is -2.28. The number of likely N-dealkylation sites (tertiary alicyclic amines) is 1. The van der Waals surface area contributed by atoms with Crippen molar-refractivity contribution in [1.29, 1.82) is 0 Å². The molecule has 1 saturated carbocycles. The molecule has 1 aromatic carbocycles. The number of unbranched alkanes of at least 4 members (excludes halogenated alkanes) is 3. The van der Waals surface area contributed by atoms with E-state index in [9.17, 15) is 22.8 Å². The number of hydrogen-bond acceptors (Lipinski definition) is 7. The molecule has 2 fully saturated rings. The quantitative estimate of drug-likeness (QED) is 0.195. The lowest BCUT2D eigenvalue weighted by atomic mass is 10.1. The summed E-state index contributed by atoms with van der Waals surface area (Å²) >= 11 is 3.26. The Morgan fingerprint density at radius 3 is 2.45 bits per heavy atom. The van der Waals surface area contributed by atoms with E-state index in [2.05, 4.69) is 27.8 Å². The summed E-state index contributed by atoms with van der Waals surface area (Å²) in [6, 6.07) is 3.92. The Bertz CT molecular complexity index is 1090. The van der Waals surface area contributed by atoms with E-state index in [-0.39, 0.29) is 24.0 Å². The summed E-state index contributed by atoms with van der Waals surface area (Å²) in [5.74, 6) is -1.29. The van der Waals surface area contributed by atoms with Crippen LogP contribution in [-0.4, -0.2) is 62.1 Å². The van der Waals surface area contributed by atoms with Crippen LogP contribution in [0.2, 0.25) is 0 Å². The number of rotatable bonds is 13. The summed E-state index contributed by atoms with van der Waals surface area (Å²) in [7, 11) is -4.14. The van der Waals surface area contributed by atoms with Crippen LogP contribution >= 0.6 is 15.9 Å². The highest BCUT2D eigenvalue weighted by atomic mass is 79.9. The lowest BCUT2D eigenvalue weighted by molar-refractivity contribution is -0.139. The molecular formula is C26H36BrN3O7S. The third-order valence-corrected chi connectivity index (χ3v) is 8.71. The molecule has 0 aromatic heterocycles. The SMILES string of the molecule is C=CCCCCCC(NC(=O)OC1CCCC1)C(=O)N1C[C@@H](OS(=O)(=O)c2ccc(Br)cc2)C[C@H]1C(N)=O. The molecule has 210 valence electrons. The van der Waals surface area contributed by atoms with Gasteiger partial charge < -0.3 is 20.7 Å². The number of benzene rings is 1. The molecule has 10 nitrogen and oxygen atoms in total. The van der Waals surface area contributed by atoms with E-state index in [1.54, 1.807) is 12.1 Å². The number of nitrogens with zero attached hydrogens (tertiary/aromatic N) is 1. The average molecular weight is 615 g/mol. The van der Waals surface area contributed by atoms with Crippen LogP contribution in [0.1, 0.15) is 64.2 Å². The first kappa shape index (κ1) is 30.1. The van der Waals surface area contributed by atoms with Gasteiger partial charge in [-0.05, 0) is 69.2 Å². The van der Waals surface area contributed by atoms with Gasteiger partial charge in [-0.1, -0.05) is 34.8 Å². The van der Waals surface area contributed by atoms with Crippen LogP contribution < -0.4 is 11.1 Å². The normalized spacial score (nSPS) is 20.7. The van der Waals surface area contributed by atoms with E-state index in [4.69, 9.17) is 14.7 Å². The van der Waals surface area contributed by atoms with Crippen molar-refractivity contribution in [2.24, 2.45) is 5.73 Å². The molecule has 0 radical (unpaired) electrons. The number of amides is 3. The van der Waals surface area contributed by atoms with Gasteiger partial charge in [0.2, 0.25) is 11.8 Å². The van der Waals surface area contributed by atoms with Crippen molar-refractivity contribution in [3.63, 3.8) is 0 Å². The van der Waals surface area contributed by atoms with E-state index >= 15 is 0 Å². The van der Waals surface area contributed by atoms with Crippen molar-refractivity contribution in [2.75, 3.05) is 6.54 Å². The summed E-state index contributed by atoms with van der Waals surface area (Å²) in [6.07, 6.45) is 7.03. The zero-order valence-corrected chi connectivity index (χ0v) is 23.8. The molecular weight excluding hydrogens is 578 g/mol. The van der Waals surface area contributed by atoms with E-state index in [0.29, 0.717) is 17.3 Å². The second-order valence-corrected chi connectivity index (χ2v) is 12.2. The molecule has 1 heterocycles. The average Bonchev–Trinajstić information content (AvgIpc) is 3.53. The van der Waals surface area contributed by atoms with Crippen LogP contribution in [0, 0.1) is 0 Å². The predicted molar refractivity (Wildman–Crippen MR) is 144 cm³/mol. The first-order chi connectivity index (χ1) is 18.1. The van der Waals surface area contributed by atoms with E-state index < -0.39 is 46.2 Å². The summed E-state index contributed by atoms with van der Waals surface area (Å²) in [5.41, 5.74) is 5.58. The van der Waals surface area contributed by atoms with Crippen molar-refractivity contribution in [2.45, 2.75) is 93.4 Å². The minimum Gasteiger partial charge on any atom is -0.446 e. The zero-order chi connectivity index (χ0) is 27.7. The summed E-state index contributed by atoms with van der Waals surface area (Å²) < 4.78 is 37.2. The highest BCUT2D eigenvalue weighted by molar-refractivity contribution is 9.10. The number of nitrogens with two attached hydrogens (primary N) is 1. The number of carbonyl (C=O) groups excluding carboxylic acids is 3. The molecule has 1 saturated heterocycles. The van der Waals surface area contributed by atoms with Gasteiger partial charge >= 0.3 is 6.09 Å². The van der Waals surface area contributed by atoms with Gasteiger partial charge in [-0.25, -0.2) is 4.79 Å². The van der Waals surface area contributed by atoms with Crippen molar-refractivity contribution in [3.8, 4) is 0 Å². The maximum Gasteiger partial charge on any atom is 0.408 e. The van der Waals surface area contributed by atoms with Crippen LogP contribution in [0.5, 0.6) is 0 Å². The Labute approximate surface area is 232 Å². The van der Waals surface area contributed by atoms with Gasteiger partial charge in [0.1, 0.15) is 18.2 Å². The van der Waals surface area contributed by atoms with Gasteiger partial charge in [0.05, 0.1) is 11.0 Å². The molecule has 3 N–H and O–H groups in total. The summed E-state index contributed by atoms with van der Waals surface area (Å²) in [6.45, 7) is 3.55. The first-order valence-electron chi connectivity index (χ1n) is 13.0. The van der Waals surface area contributed by atoms with E-state index in [1.807, 2.05) is 6.08 Å². The molecule has 38 heavy (non-hydrogen) atoms. The van der Waals surface area contributed by atoms with Crippen molar-refractivity contribution >= 4 is 44.0 Å². The topological polar surface area (TPSA) is 145 Å². The van der Waals surface area contributed by atoms with Crippen molar-refractivity contribution in [1.82, 2.24) is 10.2 Å². The highest BCUT2D eigenvalue weighted by Crippen LogP contribution is 2.27. The molecule has 12 heteroatoms. The van der Waals surface area contributed by atoms with Gasteiger partial charge in [-0.2, -0.15) is 8.42 Å². The molecule has 0 bridgehead atoms. The standard InChI is InChI=1S/C26H36BrN3O7S/c1-2-3-4-5-6-11-22(29-26(33)36-19-9-7-8-10-19)25(32)30-17-20(16-23(30)24(28)31)37-38(34,35)21-14-12-18(27)13-15-21/h2,12-15,19-20,22-23H,1,3-11,16-17H2,(H2,28,31)(H,29,33)/t20-,22?,23-/m0/s1. The Morgan fingerprint density at radius 2 is 1.82 bits per heavy atom. The van der Waals surface area contributed by atoms with Crippen LogP contribution in [0.3, 0.4) is 0 Å². The Balaban J connectivity index is 1.71. The molecule has 0 spiro atoms. The fourth-order valence-electron chi connectivity index (χ4n) is 4.82. The van der Waals surface area contributed by atoms with E-state index in [1.165, 1.54) is 17.0 Å². The minimum absolute atomic E-state index is 0.0465. The Hall–Kier alpha value is -2.44. The van der Waals surface area contributed by atoms with Gasteiger partial charge in [0.25, 0.3) is 10.1 Å². The molecule has 1 aromatic rings. The van der Waals surface area contributed by atoms with Crippen LogP contribution in [0.4, 0.5) is 4.79 Å². The molecule has 3 rings (SSSR count). The van der Waals surface area contributed by atoms with Gasteiger partial charge in [0.15, 0.2) is 0 Å². The smallest absolute Gasteiger partial charge is 0.408 e. The molecule has 1 aliphatic heterocycles. The van der Waals surface area contributed by atoms with Crippen LogP contribution in [0.15, 0.2) is 46.3 Å². The Morgan fingerprint density at radius 1 is 1.13 bits per heavy atom. The third-order valence-electron chi connectivity index (χ3n) is 6.81. The number of allylic oxidation sites excluding steroid dienone is 1. The molecule has 3 amide bonds. The molecule has 3 atom stereocenters. The van der Waals surface area contributed by atoms with E-state index in [0.717, 1.165) is 44.9 Å². The maximum atomic E-state index is 13.6. The Kier molecular flexibility index (Phi) is 11.2. The number of nitrogens with one attached hydrogen (secondary N) is 1. The molecule has 2 aliphatic rings. The largest absolute Gasteiger partial charge is 0.446 e. The van der Waals surface area contributed by atoms with Gasteiger partial charge in [-0.3, -0.25) is 13.8 Å². The molecule has 1 aliphatic carbocycles. The number of hydrogen-bond donors (Lipinski definition) is 2. The summed E-state index contributed by atoms with van der Waals surface area (Å²) in [4.78, 5) is 39.6. The first-order valence-corrected chi connectivity index (χ1v) is 15.2. The monoisotopic (exact) mass is 613 g/mol. The van der Waals surface area contributed by atoms with Crippen molar-refractivity contribution in [3.05, 3.63) is 41.4 Å². The minimum atomic E-state index is -4.14. The maximum absolute atomic E-state index is 13.6. The fraction of sp³-hybridized carbons (Fsp3) is 0.577. The van der Waals surface area contributed by atoms with Crippen molar-refractivity contribution < 1.29 is 31.7 Å². The van der Waals surface area contributed by atoms with Gasteiger partial charge in [-0.15, -0.1) is 6.58 Å².